The average Bonchev–Trinajstić information content (AvgIpc) is 2.54. The van der Waals surface area contributed by atoms with Crippen molar-refractivity contribution in [2.45, 2.75) is 18.5 Å². The largest absolute Gasteiger partial charge is 0.496 e. The van der Waals surface area contributed by atoms with Crippen LogP contribution < -0.4 is 10.1 Å². The molecule has 2 bridgehead atoms. The summed E-state index contributed by atoms with van der Waals surface area (Å²) in [5.41, 5.74) is 1.30. The number of methoxy groups -OCH3 is 1. The lowest BCUT2D eigenvalue weighted by molar-refractivity contribution is -0.00208. The third-order valence-electron chi connectivity index (χ3n) is 4.79. The van der Waals surface area contributed by atoms with Crippen molar-refractivity contribution in [1.29, 1.82) is 0 Å². The lowest BCUT2D eigenvalue weighted by atomic mass is 9.94. The summed E-state index contributed by atoms with van der Waals surface area (Å²) in [5.74, 6) is 1.00. The summed E-state index contributed by atoms with van der Waals surface area (Å²) < 4.78 is 5.49. The fourth-order valence-electron chi connectivity index (χ4n) is 3.58. The molecule has 1 N–H and O–H groups in total. The average molecular weight is 275 g/mol. The van der Waals surface area contributed by atoms with Crippen LogP contribution in [0.2, 0.25) is 0 Å². The standard InChI is InChI=1S/C16H25N3O/c1-17-14(11-13-5-3-4-6-16(13)20-2)15-12-18-7-9-19(15)10-8-18/h3-6,14-15,17H,7-12H2,1-2H3. The molecule has 0 aliphatic carbocycles. The SMILES string of the molecule is CNC(Cc1ccccc1OC)C1CN2CCN1CC2. The van der Waals surface area contributed by atoms with Crippen molar-refractivity contribution in [1.82, 2.24) is 15.1 Å². The molecule has 2 atom stereocenters. The van der Waals surface area contributed by atoms with Gasteiger partial charge in [0.1, 0.15) is 5.75 Å². The van der Waals surface area contributed by atoms with Crippen molar-refractivity contribution in [2.24, 2.45) is 0 Å². The molecule has 110 valence electrons. The van der Waals surface area contributed by atoms with Crippen LogP contribution >= 0.6 is 0 Å². The summed E-state index contributed by atoms with van der Waals surface area (Å²) >= 11 is 0. The van der Waals surface area contributed by atoms with E-state index in [1.807, 2.05) is 6.07 Å². The van der Waals surface area contributed by atoms with Crippen molar-refractivity contribution in [3.05, 3.63) is 29.8 Å². The Morgan fingerprint density at radius 3 is 2.60 bits per heavy atom. The van der Waals surface area contributed by atoms with Crippen LogP contribution in [0.3, 0.4) is 0 Å². The molecule has 3 saturated heterocycles. The first-order chi connectivity index (χ1) is 9.81. The third-order valence-corrected chi connectivity index (χ3v) is 4.79. The van der Waals surface area contributed by atoms with Gasteiger partial charge in [-0.3, -0.25) is 9.80 Å². The lowest BCUT2D eigenvalue weighted by Gasteiger charge is -2.50. The minimum Gasteiger partial charge on any atom is -0.496 e. The Bertz CT molecular complexity index is 443. The maximum Gasteiger partial charge on any atom is 0.122 e. The van der Waals surface area contributed by atoms with E-state index in [2.05, 4.69) is 40.4 Å². The highest BCUT2D eigenvalue weighted by molar-refractivity contribution is 5.34. The Morgan fingerprint density at radius 2 is 2.00 bits per heavy atom. The van der Waals surface area contributed by atoms with Crippen LogP contribution in [0.15, 0.2) is 24.3 Å². The van der Waals surface area contributed by atoms with Gasteiger partial charge in [-0.05, 0) is 25.1 Å². The molecule has 3 aliphatic heterocycles. The molecule has 0 aromatic heterocycles. The molecule has 1 aromatic carbocycles. The summed E-state index contributed by atoms with van der Waals surface area (Å²) in [6, 6.07) is 9.47. The second-order valence-electron chi connectivity index (χ2n) is 5.82. The zero-order chi connectivity index (χ0) is 13.9. The highest BCUT2D eigenvalue weighted by Gasteiger charge is 2.36. The van der Waals surface area contributed by atoms with Gasteiger partial charge in [0, 0.05) is 44.8 Å². The Balaban J connectivity index is 1.73. The maximum absolute atomic E-state index is 5.49. The van der Waals surface area contributed by atoms with Crippen molar-refractivity contribution in [3.8, 4) is 5.75 Å². The van der Waals surface area contributed by atoms with Crippen LogP contribution in [0.25, 0.3) is 0 Å². The molecule has 3 fully saturated rings. The van der Waals surface area contributed by atoms with Gasteiger partial charge in [-0.2, -0.15) is 0 Å². The number of fused-ring (bicyclic) bond motifs is 3. The first kappa shape index (κ1) is 13.9. The van der Waals surface area contributed by atoms with E-state index in [1.165, 1.54) is 38.3 Å². The predicted octanol–water partition coefficient (Wildman–Crippen LogP) is 0.826. The number of likely N-dealkylation sites (N-methyl/N-ethyl adjacent to an activating group) is 1. The van der Waals surface area contributed by atoms with Crippen LogP contribution in [0, 0.1) is 0 Å². The van der Waals surface area contributed by atoms with Crippen LogP contribution in [0.1, 0.15) is 5.56 Å². The topological polar surface area (TPSA) is 27.7 Å². The van der Waals surface area contributed by atoms with Crippen LogP contribution in [-0.4, -0.2) is 68.8 Å². The Labute approximate surface area is 121 Å². The van der Waals surface area contributed by atoms with E-state index in [0.29, 0.717) is 12.1 Å². The Hall–Kier alpha value is -1.10. The van der Waals surface area contributed by atoms with E-state index in [0.717, 1.165) is 12.2 Å². The number of nitrogens with zero attached hydrogens (tertiary/aromatic N) is 2. The van der Waals surface area contributed by atoms with Crippen molar-refractivity contribution < 1.29 is 4.74 Å². The number of rotatable bonds is 5. The van der Waals surface area contributed by atoms with E-state index >= 15 is 0 Å². The number of ether oxygens (including phenoxy) is 1. The first-order valence-corrected chi connectivity index (χ1v) is 7.57. The van der Waals surface area contributed by atoms with Gasteiger partial charge >= 0.3 is 0 Å². The van der Waals surface area contributed by atoms with E-state index in [9.17, 15) is 0 Å². The van der Waals surface area contributed by atoms with Crippen molar-refractivity contribution in [2.75, 3.05) is 46.9 Å². The first-order valence-electron chi connectivity index (χ1n) is 7.57. The van der Waals surface area contributed by atoms with Gasteiger partial charge in [0.25, 0.3) is 0 Å². The maximum atomic E-state index is 5.49. The number of hydrogen-bond acceptors (Lipinski definition) is 4. The van der Waals surface area contributed by atoms with Gasteiger partial charge in [0.15, 0.2) is 0 Å². The highest BCUT2D eigenvalue weighted by Crippen LogP contribution is 2.24. The minimum atomic E-state index is 0.481. The third kappa shape index (κ3) is 2.68. The second kappa shape index (κ2) is 6.12. The van der Waals surface area contributed by atoms with Gasteiger partial charge in [0.2, 0.25) is 0 Å². The summed E-state index contributed by atoms with van der Waals surface area (Å²) in [5, 5.41) is 3.53. The number of nitrogens with one attached hydrogen (secondary N) is 1. The lowest BCUT2D eigenvalue weighted by Crippen LogP contribution is -2.66. The summed E-state index contributed by atoms with van der Waals surface area (Å²) in [7, 11) is 3.84. The second-order valence-corrected chi connectivity index (χ2v) is 5.82. The normalized spacial score (nSPS) is 30.2. The summed E-state index contributed by atoms with van der Waals surface area (Å²) in [4.78, 5) is 5.24. The van der Waals surface area contributed by atoms with Gasteiger partial charge in [-0.1, -0.05) is 18.2 Å². The summed E-state index contributed by atoms with van der Waals surface area (Å²) in [6.45, 7) is 6.10. The van der Waals surface area contributed by atoms with Gasteiger partial charge in [-0.15, -0.1) is 0 Å². The quantitative estimate of drug-likeness (QED) is 0.861. The van der Waals surface area contributed by atoms with Crippen molar-refractivity contribution >= 4 is 0 Å². The molecule has 4 rings (SSSR count). The molecule has 3 aliphatic rings. The molecule has 0 spiro atoms. The van der Waals surface area contributed by atoms with E-state index < -0.39 is 0 Å². The molecule has 20 heavy (non-hydrogen) atoms. The van der Waals surface area contributed by atoms with Gasteiger partial charge in [-0.25, -0.2) is 0 Å². The number of piperazine rings is 3. The fourth-order valence-corrected chi connectivity index (χ4v) is 3.58. The van der Waals surface area contributed by atoms with Gasteiger partial charge in [0.05, 0.1) is 7.11 Å². The Kier molecular flexibility index (Phi) is 4.24. The van der Waals surface area contributed by atoms with E-state index in [-0.39, 0.29) is 0 Å². The van der Waals surface area contributed by atoms with E-state index in [4.69, 9.17) is 4.74 Å². The van der Waals surface area contributed by atoms with Gasteiger partial charge < -0.3 is 10.1 Å². The molecular formula is C16H25N3O. The fraction of sp³-hybridized carbons (Fsp3) is 0.625. The number of para-hydroxylation sites is 1. The minimum absolute atomic E-state index is 0.481. The van der Waals surface area contributed by atoms with Crippen LogP contribution in [-0.2, 0) is 6.42 Å². The van der Waals surface area contributed by atoms with Crippen molar-refractivity contribution in [3.63, 3.8) is 0 Å². The molecule has 4 nitrogen and oxygen atoms in total. The number of benzene rings is 1. The molecule has 0 radical (unpaired) electrons. The molecule has 0 saturated carbocycles. The van der Waals surface area contributed by atoms with Crippen LogP contribution in [0.4, 0.5) is 0 Å². The molecule has 3 heterocycles. The predicted molar refractivity (Wildman–Crippen MR) is 81.3 cm³/mol. The molecule has 0 amide bonds. The monoisotopic (exact) mass is 275 g/mol. The number of hydrogen-bond donors (Lipinski definition) is 1. The zero-order valence-electron chi connectivity index (χ0n) is 12.5. The summed E-state index contributed by atoms with van der Waals surface area (Å²) in [6.07, 6.45) is 1.02. The van der Waals surface area contributed by atoms with E-state index in [1.54, 1.807) is 7.11 Å². The zero-order valence-corrected chi connectivity index (χ0v) is 12.5. The smallest absolute Gasteiger partial charge is 0.122 e. The molecular weight excluding hydrogens is 250 g/mol. The molecule has 4 heteroatoms. The Morgan fingerprint density at radius 1 is 1.25 bits per heavy atom. The molecule has 1 aromatic rings. The highest BCUT2D eigenvalue weighted by atomic mass is 16.5. The molecule has 2 unspecified atom stereocenters. The van der Waals surface area contributed by atoms with Crippen LogP contribution in [0.5, 0.6) is 5.75 Å².